The van der Waals surface area contributed by atoms with Gasteiger partial charge in [-0.05, 0) is 11.4 Å². The van der Waals surface area contributed by atoms with Crippen LogP contribution in [0.4, 0.5) is 0 Å². The second-order valence-corrected chi connectivity index (χ2v) is 4.53. The van der Waals surface area contributed by atoms with E-state index in [9.17, 15) is 9.59 Å². The number of methoxy groups -OCH3 is 1. The Morgan fingerprint density at radius 1 is 1.56 bits per heavy atom. The van der Waals surface area contributed by atoms with Gasteiger partial charge in [-0.25, -0.2) is 0 Å². The lowest BCUT2D eigenvalue weighted by Gasteiger charge is -2.19. The highest BCUT2D eigenvalue weighted by Crippen LogP contribution is 2.12. The Morgan fingerprint density at radius 3 is 2.75 bits per heavy atom. The summed E-state index contributed by atoms with van der Waals surface area (Å²) in [7, 11) is 3.03. The van der Waals surface area contributed by atoms with Gasteiger partial charge in [0.2, 0.25) is 0 Å². The number of esters is 1. The zero-order valence-corrected chi connectivity index (χ0v) is 10.4. The molecule has 1 heterocycles. The molecule has 1 aromatic heterocycles. The molecule has 0 fully saturated rings. The van der Waals surface area contributed by atoms with Gasteiger partial charge < -0.3 is 9.64 Å². The SMILES string of the molecule is COC(=O)C(C)CN(C)C(=O)c1cccs1. The Morgan fingerprint density at radius 2 is 2.25 bits per heavy atom. The molecule has 0 aromatic carbocycles. The third-order valence-electron chi connectivity index (χ3n) is 2.23. The number of nitrogens with zero attached hydrogens (tertiary/aromatic N) is 1. The predicted molar refractivity (Wildman–Crippen MR) is 62.5 cm³/mol. The maximum atomic E-state index is 11.8. The quantitative estimate of drug-likeness (QED) is 0.753. The molecule has 0 saturated heterocycles. The monoisotopic (exact) mass is 241 g/mol. The fourth-order valence-electron chi connectivity index (χ4n) is 1.36. The van der Waals surface area contributed by atoms with E-state index in [1.807, 2.05) is 11.4 Å². The summed E-state index contributed by atoms with van der Waals surface area (Å²) in [5, 5.41) is 1.85. The van der Waals surface area contributed by atoms with Crippen molar-refractivity contribution >= 4 is 23.2 Å². The van der Waals surface area contributed by atoms with Gasteiger partial charge in [-0.2, -0.15) is 0 Å². The van der Waals surface area contributed by atoms with Crippen molar-refractivity contribution in [1.29, 1.82) is 0 Å². The third kappa shape index (κ3) is 3.06. The molecule has 1 amide bonds. The van der Waals surface area contributed by atoms with Crippen molar-refractivity contribution in [1.82, 2.24) is 4.90 Å². The van der Waals surface area contributed by atoms with E-state index >= 15 is 0 Å². The number of carbonyl (C=O) groups is 2. The van der Waals surface area contributed by atoms with Crippen LogP contribution in [0, 0.1) is 5.92 Å². The molecule has 1 aromatic rings. The Bertz CT molecular complexity index is 361. The van der Waals surface area contributed by atoms with E-state index in [4.69, 9.17) is 0 Å². The Kier molecular flexibility index (Phi) is 4.49. The number of rotatable bonds is 4. The molecule has 4 nitrogen and oxygen atoms in total. The first-order chi connectivity index (χ1) is 7.56. The molecule has 0 aliphatic carbocycles. The zero-order chi connectivity index (χ0) is 12.1. The largest absolute Gasteiger partial charge is 0.469 e. The Balaban J connectivity index is 2.56. The molecule has 0 N–H and O–H groups in total. The first kappa shape index (κ1) is 12.7. The summed E-state index contributed by atoms with van der Waals surface area (Å²) in [4.78, 5) is 25.3. The molecule has 1 rings (SSSR count). The summed E-state index contributed by atoms with van der Waals surface area (Å²) in [5.74, 6) is -0.671. The van der Waals surface area contributed by atoms with Crippen LogP contribution in [0.3, 0.4) is 0 Å². The normalized spacial score (nSPS) is 11.9. The van der Waals surface area contributed by atoms with Crippen LogP contribution >= 0.6 is 11.3 Å². The molecular formula is C11H15NO3S. The number of amides is 1. The molecule has 0 aliphatic rings. The lowest BCUT2D eigenvalue weighted by Crippen LogP contribution is -2.33. The second kappa shape index (κ2) is 5.65. The molecule has 1 atom stereocenters. The van der Waals surface area contributed by atoms with E-state index in [0.717, 1.165) is 0 Å². The number of carbonyl (C=O) groups excluding carboxylic acids is 2. The van der Waals surface area contributed by atoms with Gasteiger partial charge in [0.15, 0.2) is 0 Å². The highest BCUT2D eigenvalue weighted by Gasteiger charge is 2.19. The summed E-state index contributed by atoms with van der Waals surface area (Å²) in [6, 6.07) is 3.60. The van der Waals surface area contributed by atoms with E-state index in [-0.39, 0.29) is 17.8 Å². The van der Waals surface area contributed by atoms with Crippen molar-refractivity contribution in [2.75, 3.05) is 20.7 Å². The van der Waals surface area contributed by atoms with Crippen LogP contribution in [0.15, 0.2) is 17.5 Å². The summed E-state index contributed by atoms with van der Waals surface area (Å²) >= 11 is 1.39. The van der Waals surface area contributed by atoms with Gasteiger partial charge in [-0.15, -0.1) is 11.3 Å². The minimum absolute atomic E-state index is 0.0641. The van der Waals surface area contributed by atoms with E-state index in [0.29, 0.717) is 11.4 Å². The highest BCUT2D eigenvalue weighted by atomic mass is 32.1. The Hall–Kier alpha value is -1.36. The van der Waals surface area contributed by atoms with Crippen molar-refractivity contribution in [3.63, 3.8) is 0 Å². The molecule has 0 saturated carbocycles. The number of thiophene rings is 1. The van der Waals surface area contributed by atoms with Gasteiger partial charge in [0.25, 0.3) is 5.91 Å². The number of hydrogen-bond donors (Lipinski definition) is 0. The van der Waals surface area contributed by atoms with Crippen molar-refractivity contribution in [3.8, 4) is 0 Å². The van der Waals surface area contributed by atoms with Gasteiger partial charge in [-0.3, -0.25) is 9.59 Å². The van der Waals surface area contributed by atoms with Crippen molar-refractivity contribution in [2.45, 2.75) is 6.92 Å². The average Bonchev–Trinajstić information content (AvgIpc) is 2.79. The smallest absolute Gasteiger partial charge is 0.310 e. The summed E-state index contributed by atoms with van der Waals surface area (Å²) in [6.45, 7) is 2.10. The molecule has 5 heteroatoms. The highest BCUT2D eigenvalue weighted by molar-refractivity contribution is 7.12. The topological polar surface area (TPSA) is 46.6 Å². The minimum Gasteiger partial charge on any atom is -0.469 e. The van der Waals surface area contributed by atoms with E-state index in [1.165, 1.54) is 23.3 Å². The standard InChI is InChI=1S/C11H15NO3S/c1-8(11(14)15-3)7-12(2)10(13)9-5-4-6-16-9/h4-6,8H,7H2,1-3H3. The van der Waals surface area contributed by atoms with E-state index in [2.05, 4.69) is 4.74 Å². The van der Waals surface area contributed by atoms with E-state index < -0.39 is 0 Å². The third-order valence-corrected chi connectivity index (χ3v) is 3.09. The average molecular weight is 241 g/mol. The van der Waals surface area contributed by atoms with E-state index in [1.54, 1.807) is 20.0 Å². The lowest BCUT2D eigenvalue weighted by molar-refractivity contribution is -0.145. The van der Waals surface area contributed by atoms with Crippen LogP contribution in [0.25, 0.3) is 0 Å². The molecule has 0 aliphatic heterocycles. The van der Waals surface area contributed by atoms with Crippen LogP contribution in [-0.4, -0.2) is 37.5 Å². The second-order valence-electron chi connectivity index (χ2n) is 3.59. The van der Waals surface area contributed by atoms with Crippen molar-refractivity contribution < 1.29 is 14.3 Å². The maximum absolute atomic E-state index is 11.8. The summed E-state index contributed by atoms with van der Waals surface area (Å²) < 4.78 is 4.61. The van der Waals surface area contributed by atoms with Crippen LogP contribution < -0.4 is 0 Å². The first-order valence-electron chi connectivity index (χ1n) is 4.93. The molecule has 0 radical (unpaired) electrons. The van der Waals surface area contributed by atoms with Gasteiger partial charge in [0.05, 0.1) is 17.9 Å². The molecule has 88 valence electrons. The fourth-order valence-corrected chi connectivity index (χ4v) is 2.08. The van der Waals surface area contributed by atoms with Crippen LogP contribution in [-0.2, 0) is 9.53 Å². The Labute approximate surface area is 98.8 Å². The van der Waals surface area contributed by atoms with Crippen LogP contribution in [0.2, 0.25) is 0 Å². The van der Waals surface area contributed by atoms with Crippen molar-refractivity contribution in [2.24, 2.45) is 5.92 Å². The fraction of sp³-hybridized carbons (Fsp3) is 0.455. The molecule has 0 bridgehead atoms. The van der Waals surface area contributed by atoms with Crippen LogP contribution in [0.1, 0.15) is 16.6 Å². The first-order valence-corrected chi connectivity index (χ1v) is 5.81. The zero-order valence-electron chi connectivity index (χ0n) is 9.60. The molecule has 16 heavy (non-hydrogen) atoms. The summed E-state index contributed by atoms with van der Waals surface area (Å²) in [6.07, 6.45) is 0. The predicted octanol–water partition coefficient (Wildman–Crippen LogP) is 1.63. The lowest BCUT2D eigenvalue weighted by atomic mass is 10.2. The van der Waals surface area contributed by atoms with Gasteiger partial charge in [-0.1, -0.05) is 13.0 Å². The number of ether oxygens (including phenoxy) is 1. The van der Waals surface area contributed by atoms with Gasteiger partial charge in [0, 0.05) is 13.6 Å². The molecule has 1 unspecified atom stereocenters. The van der Waals surface area contributed by atoms with Crippen molar-refractivity contribution in [3.05, 3.63) is 22.4 Å². The summed E-state index contributed by atoms with van der Waals surface area (Å²) in [5.41, 5.74) is 0. The number of hydrogen-bond acceptors (Lipinski definition) is 4. The molecular weight excluding hydrogens is 226 g/mol. The molecule has 0 spiro atoms. The van der Waals surface area contributed by atoms with Gasteiger partial charge in [0.1, 0.15) is 0 Å². The minimum atomic E-state index is -0.307. The van der Waals surface area contributed by atoms with Crippen LogP contribution in [0.5, 0.6) is 0 Å². The van der Waals surface area contributed by atoms with Gasteiger partial charge >= 0.3 is 5.97 Å². The maximum Gasteiger partial charge on any atom is 0.310 e.